The molecule has 0 spiro atoms. The molecule has 1 saturated heterocycles. The minimum Gasteiger partial charge on any atom is -0.374 e. The fourth-order valence-electron chi connectivity index (χ4n) is 2.02. The Morgan fingerprint density at radius 1 is 1.50 bits per heavy atom. The van der Waals surface area contributed by atoms with Gasteiger partial charge in [0.15, 0.2) is 0 Å². The molecule has 1 aromatic heterocycles. The van der Waals surface area contributed by atoms with Gasteiger partial charge in [0, 0.05) is 25.5 Å². The van der Waals surface area contributed by atoms with Crippen LogP contribution >= 0.6 is 0 Å². The molecule has 0 saturated carbocycles. The summed E-state index contributed by atoms with van der Waals surface area (Å²) in [4.78, 5) is 10.1. The second-order valence-corrected chi connectivity index (χ2v) is 4.31. The monoisotopic (exact) mass is 254 g/mol. The molecule has 6 heteroatoms. The zero-order valence-corrected chi connectivity index (χ0v) is 10.6. The summed E-state index contributed by atoms with van der Waals surface area (Å²) in [6.07, 6.45) is 2.72. The van der Waals surface area contributed by atoms with Crippen molar-refractivity contribution in [1.82, 2.24) is 15.3 Å². The van der Waals surface area contributed by atoms with Gasteiger partial charge in [-0.15, -0.1) is 0 Å². The summed E-state index contributed by atoms with van der Waals surface area (Å²) in [5.41, 5.74) is 0. The van der Waals surface area contributed by atoms with E-state index in [-0.39, 0.29) is 6.10 Å². The van der Waals surface area contributed by atoms with Crippen LogP contribution in [0.5, 0.6) is 0 Å². The molecule has 0 amide bonds. The number of rotatable bonds is 5. The fourth-order valence-corrected chi connectivity index (χ4v) is 2.02. The SMILES string of the molecule is CNCCO[C@@H]1CCN(c2ncccn2)C[C@@H]1F. The molecule has 0 aromatic carbocycles. The van der Waals surface area contributed by atoms with Crippen molar-refractivity contribution in [3.8, 4) is 0 Å². The third-order valence-corrected chi connectivity index (χ3v) is 3.00. The maximum Gasteiger partial charge on any atom is 0.225 e. The van der Waals surface area contributed by atoms with Gasteiger partial charge < -0.3 is 15.0 Å². The Morgan fingerprint density at radius 3 is 2.94 bits per heavy atom. The summed E-state index contributed by atoms with van der Waals surface area (Å²) in [5.74, 6) is 0.592. The van der Waals surface area contributed by atoms with Gasteiger partial charge in [0.25, 0.3) is 0 Å². The summed E-state index contributed by atoms with van der Waals surface area (Å²) < 4.78 is 19.5. The summed E-state index contributed by atoms with van der Waals surface area (Å²) in [7, 11) is 1.85. The van der Waals surface area contributed by atoms with E-state index in [1.54, 1.807) is 18.5 Å². The van der Waals surface area contributed by atoms with Crippen molar-refractivity contribution in [2.24, 2.45) is 0 Å². The lowest BCUT2D eigenvalue weighted by Gasteiger charge is -2.34. The second kappa shape index (κ2) is 6.61. The first-order valence-electron chi connectivity index (χ1n) is 6.23. The van der Waals surface area contributed by atoms with Gasteiger partial charge in [-0.25, -0.2) is 14.4 Å². The van der Waals surface area contributed by atoms with E-state index in [9.17, 15) is 4.39 Å². The van der Waals surface area contributed by atoms with Crippen LogP contribution in [0.4, 0.5) is 10.3 Å². The number of alkyl halides is 1. The maximum atomic E-state index is 14.0. The smallest absolute Gasteiger partial charge is 0.225 e. The highest BCUT2D eigenvalue weighted by molar-refractivity contribution is 5.29. The van der Waals surface area contributed by atoms with E-state index in [1.807, 2.05) is 11.9 Å². The van der Waals surface area contributed by atoms with Gasteiger partial charge in [-0.2, -0.15) is 0 Å². The Kier molecular flexibility index (Phi) is 4.83. The number of piperidine rings is 1. The minimum atomic E-state index is -0.987. The number of nitrogens with one attached hydrogen (secondary N) is 1. The molecule has 0 bridgehead atoms. The van der Waals surface area contributed by atoms with Crippen molar-refractivity contribution in [3.05, 3.63) is 18.5 Å². The third-order valence-electron chi connectivity index (χ3n) is 3.00. The molecule has 2 heterocycles. The molecule has 100 valence electrons. The van der Waals surface area contributed by atoms with E-state index in [2.05, 4.69) is 15.3 Å². The van der Waals surface area contributed by atoms with Crippen LogP contribution in [0.3, 0.4) is 0 Å². The average molecular weight is 254 g/mol. The first-order valence-corrected chi connectivity index (χ1v) is 6.23. The summed E-state index contributed by atoms with van der Waals surface area (Å²) in [6.45, 7) is 2.32. The number of likely N-dealkylation sites (N-methyl/N-ethyl adjacent to an activating group) is 1. The molecular weight excluding hydrogens is 235 g/mol. The van der Waals surface area contributed by atoms with Crippen molar-refractivity contribution in [2.45, 2.75) is 18.7 Å². The number of hydrogen-bond donors (Lipinski definition) is 1. The van der Waals surface area contributed by atoms with Crippen LogP contribution in [0.15, 0.2) is 18.5 Å². The summed E-state index contributed by atoms with van der Waals surface area (Å²) in [6, 6.07) is 1.75. The lowest BCUT2D eigenvalue weighted by molar-refractivity contribution is -0.0109. The highest BCUT2D eigenvalue weighted by atomic mass is 19.1. The summed E-state index contributed by atoms with van der Waals surface area (Å²) in [5, 5.41) is 2.98. The zero-order valence-electron chi connectivity index (χ0n) is 10.6. The Morgan fingerprint density at radius 2 is 2.28 bits per heavy atom. The number of nitrogens with zero attached hydrogens (tertiary/aromatic N) is 3. The topological polar surface area (TPSA) is 50.3 Å². The molecule has 0 aliphatic carbocycles. The Balaban J connectivity index is 1.84. The van der Waals surface area contributed by atoms with E-state index in [1.165, 1.54) is 0 Å². The van der Waals surface area contributed by atoms with Crippen LogP contribution in [-0.4, -0.2) is 55.5 Å². The predicted octanol–water partition coefficient (Wildman–Crippen LogP) is 0.629. The van der Waals surface area contributed by atoms with Gasteiger partial charge in [-0.3, -0.25) is 0 Å². The Bertz CT molecular complexity index is 351. The molecule has 1 N–H and O–H groups in total. The second-order valence-electron chi connectivity index (χ2n) is 4.31. The van der Waals surface area contributed by atoms with Gasteiger partial charge in [0.05, 0.1) is 19.3 Å². The molecule has 1 aliphatic heterocycles. The molecule has 1 aliphatic rings. The van der Waals surface area contributed by atoms with Crippen LogP contribution in [0.2, 0.25) is 0 Å². The highest BCUT2D eigenvalue weighted by Gasteiger charge is 2.30. The molecule has 1 aromatic rings. The number of halogens is 1. The first kappa shape index (κ1) is 13.2. The van der Waals surface area contributed by atoms with E-state index in [0.717, 1.165) is 13.1 Å². The quantitative estimate of drug-likeness (QED) is 0.781. The van der Waals surface area contributed by atoms with Crippen molar-refractivity contribution in [2.75, 3.05) is 38.2 Å². The molecule has 2 rings (SSSR count). The third kappa shape index (κ3) is 3.36. The fraction of sp³-hybridized carbons (Fsp3) is 0.667. The largest absolute Gasteiger partial charge is 0.374 e. The van der Waals surface area contributed by atoms with E-state index >= 15 is 0 Å². The van der Waals surface area contributed by atoms with Gasteiger partial charge in [-0.05, 0) is 19.5 Å². The zero-order chi connectivity index (χ0) is 12.8. The highest BCUT2D eigenvalue weighted by Crippen LogP contribution is 2.20. The number of anilines is 1. The Hall–Kier alpha value is -1.27. The molecule has 0 unspecified atom stereocenters. The minimum absolute atomic E-state index is 0.300. The van der Waals surface area contributed by atoms with Crippen molar-refractivity contribution in [3.63, 3.8) is 0 Å². The predicted molar refractivity (Wildman–Crippen MR) is 67.4 cm³/mol. The van der Waals surface area contributed by atoms with Crippen LogP contribution in [0.25, 0.3) is 0 Å². The van der Waals surface area contributed by atoms with Gasteiger partial charge in [0.2, 0.25) is 5.95 Å². The normalized spacial score (nSPS) is 24.2. The number of ether oxygens (including phenoxy) is 1. The van der Waals surface area contributed by atoms with Crippen molar-refractivity contribution >= 4 is 5.95 Å². The van der Waals surface area contributed by atoms with Gasteiger partial charge >= 0.3 is 0 Å². The van der Waals surface area contributed by atoms with Gasteiger partial charge in [0.1, 0.15) is 6.17 Å². The molecule has 2 atom stereocenters. The molecule has 1 fully saturated rings. The lowest BCUT2D eigenvalue weighted by Crippen LogP contribution is -2.46. The number of hydrogen-bond acceptors (Lipinski definition) is 5. The summed E-state index contributed by atoms with van der Waals surface area (Å²) >= 11 is 0. The molecular formula is C12H19FN4O. The van der Waals surface area contributed by atoms with Crippen molar-refractivity contribution < 1.29 is 9.13 Å². The maximum absolute atomic E-state index is 14.0. The Labute approximate surface area is 106 Å². The molecule has 18 heavy (non-hydrogen) atoms. The van der Waals surface area contributed by atoms with E-state index < -0.39 is 6.17 Å². The van der Waals surface area contributed by atoms with Crippen LogP contribution in [0, 0.1) is 0 Å². The van der Waals surface area contributed by atoms with Crippen molar-refractivity contribution in [1.29, 1.82) is 0 Å². The van der Waals surface area contributed by atoms with E-state index in [4.69, 9.17) is 4.74 Å². The van der Waals surface area contributed by atoms with E-state index in [0.29, 0.717) is 25.5 Å². The first-order chi connectivity index (χ1) is 8.81. The van der Waals surface area contributed by atoms with Crippen LogP contribution < -0.4 is 10.2 Å². The van der Waals surface area contributed by atoms with Crippen LogP contribution in [0.1, 0.15) is 6.42 Å². The lowest BCUT2D eigenvalue weighted by atomic mass is 10.1. The molecule has 5 nitrogen and oxygen atoms in total. The van der Waals surface area contributed by atoms with Crippen LogP contribution in [-0.2, 0) is 4.74 Å². The number of aromatic nitrogens is 2. The average Bonchev–Trinajstić information content (AvgIpc) is 2.42. The van der Waals surface area contributed by atoms with Gasteiger partial charge in [-0.1, -0.05) is 0 Å². The standard InChI is InChI=1S/C12H19FN4O/c1-14-6-8-18-11-3-7-17(9-10(11)13)12-15-4-2-5-16-12/h2,4-5,10-11,14H,3,6-9H2,1H3/t10-,11+/m0/s1. The molecule has 0 radical (unpaired) electrons.